The molecule has 0 saturated heterocycles. The third-order valence-corrected chi connectivity index (χ3v) is 4.91. The number of para-hydroxylation sites is 1. The summed E-state index contributed by atoms with van der Waals surface area (Å²) in [4.78, 5) is 23.9. The third kappa shape index (κ3) is 4.12. The number of benzene rings is 2. The fraction of sp³-hybridized carbons (Fsp3) is 0.318. The van der Waals surface area contributed by atoms with Crippen LogP contribution in [0.15, 0.2) is 42.5 Å². The van der Waals surface area contributed by atoms with E-state index in [1.165, 1.54) is 0 Å². The molecule has 2 aromatic carbocycles. The van der Waals surface area contributed by atoms with E-state index in [0.717, 1.165) is 33.7 Å². The molecule has 6 nitrogen and oxygen atoms in total. The lowest BCUT2D eigenvalue weighted by Gasteiger charge is -2.26. The summed E-state index contributed by atoms with van der Waals surface area (Å²) in [6.07, 6.45) is 0. The number of aryl methyl sites for hydroxylation is 2. The van der Waals surface area contributed by atoms with E-state index in [4.69, 9.17) is 4.74 Å². The number of carbonyl (C=O) groups is 1. The van der Waals surface area contributed by atoms with Crippen LogP contribution in [0.2, 0.25) is 0 Å². The Bertz CT molecular complexity index is 1000. The lowest BCUT2D eigenvalue weighted by molar-refractivity contribution is 0.0941. The molecule has 0 aliphatic carbocycles. The second kappa shape index (κ2) is 8.35. The van der Waals surface area contributed by atoms with Gasteiger partial charge in [-0.25, -0.2) is 9.97 Å². The average Bonchev–Trinajstić information content (AvgIpc) is 2.68. The highest BCUT2D eigenvalue weighted by Crippen LogP contribution is 2.27. The molecule has 0 fully saturated rings. The van der Waals surface area contributed by atoms with Crippen LogP contribution in [0.25, 0.3) is 11.0 Å². The van der Waals surface area contributed by atoms with Crippen LogP contribution in [-0.4, -0.2) is 48.5 Å². The lowest BCUT2D eigenvalue weighted by atomic mass is 10.0. The molecule has 1 heterocycles. The van der Waals surface area contributed by atoms with Gasteiger partial charge in [-0.2, -0.15) is 0 Å². The number of amides is 1. The van der Waals surface area contributed by atoms with E-state index in [2.05, 4.69) is 20.2 Å². The molecular weight excluding hydrogens is 352 g/mol. The highest BCUT2D eigenvalue weighted by Gasteiger charge is 2.19. The van der Waals surface area contributed by atoms with Gasteiger partial charge in [-0.1, -0.05) is 18.2 Å². The first-order valence-electron chi connectivity index (χ1n) is 9.23. The number of nitrogens with one attached hydrogen (secondary N) is 1. The zero-order chi connectivity index (χ0) is 20.3. The van der Waals surface area contributed by atoms with E-state index in [1.807, 2.05) is 58.3 Å². The number of fused-ring (bicyclic) bond motifs is 1. The maximum Gasteiger partial charge on any atom is 0.251 e. The maximum atomic E-state index is 12.7. The first kappa shape index (κ1) is 19.8. The highest BCUT2D eigenvalue weighted by molar-refractivity contribution is 5.97. The Morgan fingerprint density at radius 2 is 1.75 bits per heavy atom. The summed E-state index contributed by atoms with van der Waals surface area (Å²) in [7, 11) is 5.63. The van der Waals surface area contributed by atoms with Crippen molar-refractivity contribution >= 4 is 16.9 Å². The number of likely N-dealkylation sites (N-methyl/N-ethyl adjacent to an activating group) is 1. The van der Waals surface area contributed by atoms with E-state index in [9.17, 15) is 4.79 Å². The van der Waals surface area contributed by atoms with Crippen LogP contribution in [0.1, 0.15) is 33.4 Å². The van der Waals surface area contributed by atoms with Gasteiger partial charge >= 0.3 is 0 Å². The molecule has 1 N–H and O–H groups in total. The van der Waals surface area contributed by atoms with Crippen molar-refractivity contribution in [1.82, 2.24) is 20.2 Å². The second-order valence-electron chi connectivity index (χ2n) is 7.03. The molecule has 0 aliphatic rings. The smallest absolute Gasteiger partial charge is 0.251 e. The van der Waals surface area contributed by atoms with Gasteiger partial charge in [0.1, 0.15) is 5.75 Å². The molecule has 6 heteroatoms. The third-order valence-electron chi connectivity index (χ3n) is 4.91. The summed E-state index contributed by atoms with van der Waals surface area (Å²) < 4.78 is 5.48. The van der Waals surface area contributed by atoms with Gasteiger partial charge in [-0.05, 0) is 52.2 Å². The predicted molar refractivity (Wildman–Crippen MR) is 111 cm³/mol. The molecule has 0 aliphatic heterocycles. The quantitative estimate of drug-likeness (QED) is 0.713. The van der Waals surface area contributed by atoms with Gasteiger partial charge in [-0.3, -0.25) is 4.79 Å². The van der Waals surface area contributed by atoms with Gasteiger partial charge in [0.2, 0.25) is 0 Å². The predicted octanol–water partition coefficient (Wildman–Crippen LogP) is 3.29. The van der Waals surface area contributed by atoms with E-state index in [1.54, 1.807) is 19.2 Å². The Hall–Kier alpha value is -2.99. The van der Waals surface area contributed by atoms with Crippen LogP contribution in [-0.2, 0) is 0 Å². The van der Waals surface area contributed by atoms with E-state index in [-0.39, 0.29) is 11.9 Å². The van der Waals surface area contributed by atoms with Gasteiger partial charge in [0.05, 0.1) is 35.6 Å². The summed E-state index contributed by atoms with van der Waals surface area (Å²) in [6.45, 7) is 4.31. The van der Waals surface area contributed by atoms with Gasteiger partial charge in [0, 0.05) is 17.7 Å². The summed E-state index contributed by atoms with van der Waals surface area (Å²) in [6, 6.07) is 13.3. The number of hydrogen-bond donors (Lipinski definition) is 1. The Morgan fingerprint density at radius 3 is 2.43 bits per heavy atom. The standard InChI is InChI=1S/C22H26N4O2/c1-14-15(2)25-19-12-16(10-11-18(19)24-14)22(27)23-13-20(26(3)4)17-8-6-7-9-21(17)28-5/h6-12,20H,13H2,1-5H3,(H,23,27)/t20-/m1/s1. The van der Waals surface area contributed by atoms with Gasteiger partial charge in [0.15, 0.2) is 0 Å². The van der Waals surface area contributed by atoms with Crippen molar-refractivity contribution in [3.63, 3.8) is 0 Å². The topological polar surface area (TPSA) is 67.3 Å². The molecule has 28 heavy (non-hydrogen) atoms. The van der Waals surface area contributed by atoms with Crippen LogP contribution in [0.5, 0.6) is 5.75 Å². The van der Waals surface area contributed by atoms with Crippen molar-refractivity contribution < 1.29 is 9.53 Å². The molecule has 0 saturated carbocycles. The van der Waals surface area contributed by atoms with Crippen LogP contribution < -0.4 is 10.1 Å². The highest BCUT2D eigenvalue weighted by atomic mass is 16.5. The molecule has 1 aromatic heterocycles. The summed E-state index contributed by atoms with van der Waals surface area (Å²) in [5.41, 5.74) is 4.89. The largest absolute Gasteiger partial charge is 0.496 e. The van der Waals surface area contributed by atoms with Crippen molar-refractivity contribution in [2.24, 2.45) is 0 Å². The summed E-state index contributed by atoms with van der Waals surface area (Å²) in [5.74, 6) is 0.672. The van der Waals surface area contributed by atoms with E-state index < -0.39 is 0 Å². The minimum absolute atomic E-state index is 0.00904. The van der Waals surface area contributed by atoms with Crippen LogP contribution >= 0.6 is 0 Å². The second-order valence-corrected chi connectivity index (χ2v) is 7.03. The van der Waals surface area contributed by atoms with Crippen molar-refractivity contribution in [3.8, 4) is 5.75 Å². The SMILES string of the molecule is COc1ccccc1[C@@H](CNC(=O)c1ccc2nc(C)c(C)nc2c1)N(C)C. The van der Waals surface area contributed by atoms with Crippen LogP contribution in [0, 0.1) is 13.8 Å². The Morgan fingerprint density at radius 1 is 1.07 bits per heavy atom. The number of hydrogen-bond acceptors (Lipinski definition) is 5. The average molecular weight is 378 g/mol. The fourth-order valence-electron chi connectivity index (χ4n) is 3.18. The molecule has 0 radical (unpaired) electrons. The molecule has 146 valence electrons. The summed E-state index contributed by atoms with van der Waals surface area (Å²) >= 11 is 0. The zero-order valence-electron chi connectivity index (χ0n) is 17.0. The number of carbonyl (C=O) groups excluding carboxylic acids is 1. The van der Waals surface area contributed by atoms with Crippen LogP contribution in [0.3, 0.4) is 0 Å². The number of ether oxygens (including phenoxy) is 1. The molecule has 0 unspecified atom stereocenters. The molecule has 0 spiro atoms. The Kier molecular flexibility index (Phi) is 5.90. The van der Waals surface area contributed by atoms with Gasteiger partial charge in [-0.15, -0.1) is 0 Å². The number of aromatic nitrogens is 2. The van der Waals surface area contributed by atoms with Crippen LogP contribution in [0.4, 0.5) is 0 Å². The Balaban J connectivity index is 1.80. The molecule has 3 rings (SSSR count). The minimum Gasteiger partial charge on any atom is -0.496 e. The zero-order valence-corrected chi connectivity index (χ0v) is 17.0. The fourth-order valence-corrected chi connectivity index (χ4v) is 3.18. The minimum atomic E-state index is -0.135. The van der Waals surface area contributed by atoms with Gasteiger partial charge < -0.3 is 15.0 Å². The molecule has 1 atom stereocenters. The molecular formula is C22H26N4O2. The first-order chi connectivity index (χ1) is 13.4. The monoisotopic (exact) mass is 378 g/mol. The lowest BCUT2D eigenvalue weighted by Crippen LogP contribution is -2.34. The first-order valence-corrected chi connectivity index (χ1v) is 9.23. The molecule has 3 aromatic rings. The van der Waals surface area contributed by atoms with Crippen molar-refractivity contribution in [2.45, 2.75) is 19.9 Å². The summed E-state index contributed by atoms with van der Waals surface area (Å²) in [5, 5.41) is 3.04. The number of rotatable bonds is 6. The molecule has 0 bridgehead atoms. The number of nitrogens with zero attached hydrogens (tertiary/aromatic N) is 3. The van der Waals surface area contributed by atoms with Gasteiger partial charge in [0.25, 0.3) is 5.91 Å². The number of methoxy groups -OCH3 is 1. The Labute approximate surface area is 165 Å². The van der Waals surface area contributed by atoms with Crippen molar-refractivity contribution in [2.75, 3.05) is 27.7 Å². The van der Waals surface area contributed by atoms with E-state index >= 15 is 0 Å². The maximum absolute atomic E-state index is 12.7. The normalized spacial score (nSPS) is 12.2. The van der Waals surface area contributed by atoms with E-state index in [0.29, 0.717) is 12.1 Å². The van der Waals surface area contributed by atoms with Crippen molar-refractivity contribution in [3.05, 3.63) is 65.0 Å². The van der Waals surface area contributed by atoms with Crippen molar-refractivity contribution in [1.29, 1.82) is 0 Å². The molecule has 1 amide bonds.